The Morgan fingerprint density at radius 2 is 2.12 bits per heavy atom. The fraction of sp³-hybridized carbons (Fsp3) is 0.571. The second kappa shape index (κ2) is 4.88. The van der Waals surface area contributed by atoms with Gasteiger partial charge in [-0.05, 0) is 48.9 Å². The van der Waals surface area contributed by atoms with Crippen molar-refractivity contribution in [2.75, 3.05) is 5.73 Å². The van der Waals surface area contributed by atoms with Crippen LogP contribution in [0.1, 0.15) is 50.3 Å². The van der Waals surface area contributed by atoms with Crippen LogP contribution in [0, 0.1) is 0 Å². The van der Waals surface area contributed by atoms with Gasteiger partial charge in [-0.2, -0.15) is 0 Å². The molecule has 0 spiro atoms. The number of fused-ring (bicyclic) bond motifs is 1. The van der Waals surface area contributed by atoms with Crippen LogP contribution in [0.25, 0.3) is 0 Å². The number of hydrogen-bond acceptors (Lipinski definition) is 2. The molecule has 0 fully saturated rings. The maximum absolute atomic E-state index is 5.81. The van der Waals surface area contributed by atoms with Crippen molar-refractivity contribution in [2.45, 2.75) is 51.6 Å². The van der Waals surface area contributed by atoms with E-state index < -0.39 is 0 Å². The van der Waals surface area contributed by atoms with Crippen LogP contribution in [0.2, 0.25) is 0 Å². The Hall–Kier alpha value is -1.02. The second-order valence-electron chi connectivity index (χ2n) is 4.73. The Kier molecular flexibility index (Phi) is 3.49. The summed E-state index contributed by atoms with van der Waals surface area (Å²) in [5, 5.41) is 3.75. The van der Waals surface area contributed by atoms with E-state index in [1.807, 2.05) is 6.07 Å². The van der Waals surface area contributed by atoms with Gasteiger partial charge < -0.3 is 11.1 Å². The summed E-state index contributed by atoms with van der Waals surface area (Å²) >= 11 is 0. The summed E-state index contributed by atoms with van der Waals surface area (Å²) in [5.74, 6) is 0. The van der Waals surface area contributed by atoms with Crippen molar-refractivity contribution in [3.8, 4) is 0 Å². The van der Waals surface area contributed by atoms with Crippen molar-refractivity contribution >= 4 is 5.69 Å². The van der Waals surface area contributed by atoms with Gasteiger partial charge in [-0.3, -0.25) is 0 Å². The van der Waals surface area contributed by atoms with E-state index in [4.69, 9.17) is 5.73 Å². The predicted molar refractivity (Wildman–Crippen MR) is 69.4 cm³/mol. The average molecular weight is 218 g/mol. The Balaban J connectivity index is 2.11. The highest BCUT2D eigenvalue weighted by Gasteiger charge is 2.23. The minimum Gasteiger partial charge on any atom is -0.399 e. The van der Waals surface area contributed by atoms with Crippen LogP contribution in [0.4, 0.5) is 5.69 Å². The summed E-state index contributed by atoms with van der Waals surface area (Å²) in [7, 11) is 0. The zero-order chi connectivity index (χ0) is 11.5. The molecule has 88 valence electrons. The Labute approximate surface area is 98.2 Å². The molecule has 0 aromatic heterocycles. The summed E-state index contributed by atoms with van der Waals surface area (Å²) in [6.45, 7) is 4.50. The number of anilines is 1. The average Bonchev–Trinajstić information content (AvgIpc) is 2.68. The van der Waals surface area contributed by atoms with Gasteiger partial charge in [0.05, 0.1) is 0 Å². The molecule has 1 aromatic carbocycles. The summed E-state index contributed by atoms with van der Waals surface area (Å²) in [6.07, 6.45) is 4.79. The van der Waals surface area contributed by atoms with Crippen LogP contribution in [-0.2, 0) is 6.42 Å². The van der Waals surface area contributed by atoms with E-state index in [1.54, 1.807) is 0 Å². The lowest BCUT2D eigenvalue weighted by Gasteiger charge is -2.21. The number of nitrogens with two attached hydrogens (primary N) is 1. The van der Waals surface area contributed by atoms with Crippen molar-refractivity contribution in [3.05, 3.63) is 29.3 Å². The summed E-state index contributed by atoms with van der Waals surface area (Å²) in [6, 6.07) is 7.53. The molecule has 0 bridgehead atoms. The van der Waals surface area contributed by atoms with Gasteiger partial charge >= 0.3 is 0 Å². The number of aryl methyl sites for hydroxylation is 1. The number of nitrogen functional groups attached to an aromatic ring is 1. The van der Waals surface area contributed by atoms with Crippen LogP contribution in [-0.4, -0.2) is 6.04 Å². The number of rotatable bonds is 4. The topological polar surface area (TPSA) is 38.0 Å². The lowest BCUT2D eigenvalue weighted by molar-refractivity contribution is 0.413. The molecular weight excluding hydrogens is 196 g/mol. The Bertz CT molecular complexity index is 356. The molecule has 2 nitrogen and oxygen atoms in total. The van der Waals surface area contributed by atoms with E-state index in [-0.39, 0.29) is 0 Å². The largest absolute Gasteiger partial charge is 0.399 e. The standard InChI is InChI=1S/C14H22N2/c1-3-12(4-2)16-14-8-5-10-9-11(15)6-7-13(10)14/h6-7,9,12,14,16H,3-5,8,15H2,1-2H3. The first kappa shape index (κ1) is 11.5. The monoisotopic (exact) mass is 218 g/mol. The van der Waals surface area contributed by atoms with Crippen LogP contribution >= 0.6 is 0 Å². The first-order chi connectivity index (χ1) is 7.74. The molecular formula is C14H22N2. The second-order valence-corrected chi connectivity index (χ2v) is 4.73. The van der Waals surface area contributed by atoms with Gasteiger partial charge in [-0.15, -0.1) is 0 Å². The van der Waals surface area contributed by atoms with Crippen LogP contribution in [0.5, 0.6) is 0 Å². The lowest BCUT2D eigenvalue weighted by atomic mass is 10.1. The van der Waals surface area contributed by atoms with Gasteiger partial charge in [0.2, 0.25) is 0 Å². The van der Waals surface area contributed by atoms with E-state index in [0.717, 1.165) is 12.1 Å². The number of benzene rings is 1. The minimum atomic E-state index is 0.542. The molecule has 2 heteroatoms. The van der Waals surface area contributed by atoms with E-state index >= 15 is 0 Å². The first-order valence-electron chi connectivity index (χ1n) is 6.39. The quantitative estimate of drug-likeness (QED) is 0.762. The molecule has 1 aliphatic rings. The predicted octanol–water partition coefficient (Wildman–Crippen LogP) is 3.03. The van der Waals surface area contributed by atoms with Crippen molar-refractivity contribution in [1.29, 1.82) is 0 Å². The third kappa shape index (κ3) is 2.22. The molecule has 0 heterocycles. The molecule has 1 aromatic rings. The fourth-order valence-electron chi connectivity index (χ4n) is 2.62. The molecule has 1 unspecified atom stereocenters. The van der Waals surface area contributed by atoms with Gasteiger partial charge in [0.1, 0.15) is 0 Å². The maximum atomic E-state index is 5.81. The minimum absolute atomic E-state index is 0.542. The normalized spacial score (nSPS) is 19.1. The highest BCUT2D eigenvalue weighted by molar-refractivity contribution is 5.47. The Morgan fingerprint density at radius 3 is 2.81 bits per heavy atom. The Morgan fingerprint density at radius 1 is 1.38 bits per heavy atom. The van der Waals surface area contributed by atoms with E-state index in [1.165, 1.54) is 30.4 Å². The van der Waals surface area contributed by atoms with Crippen molar-refractivity contribution in [3.63, 3.8) is 0 Å². The highest BCUT2D eigenvalue weighted by atomic mass is 15.0. The van der Waals surface area contributed by atoms with Gasteiger partial charge in [0.25, 0.3) is 0 Å². The van der Waals surface area contributed by atoms with Crippen LogP contribution in [0.15, 0.2) is 18.2 Å². The summed E-state index contributed by atoms with van der Waals surface area (Å²) in [4.78, 5) is 0. The summed E-state index contributed by atoms with van der Waals surface area (Å²) < 4.78 is 0. The SMILES string of the molecule is CCC(CC)NC1CCc2cc(N)ccc21. The van der Waals surface area contributed by atoms with Gasteiger partial charge in [-0.1, -0.05) is 19.9 Å². The third-order valence-electron chi connectivity index (χ3n) is 3.67. The van der Waals surface area contributed by atoms with Crippen LogP contribution < -0.4 is 11.1 Å². The van der Waals surface area contributed by atoms with E-state index in [2.05, 4.69) is 31.3 Å². The third-order valence-corrected chi connectivity index (χ3v) is 3.67. The molecule has 1 atom stereocenters. The van der Waals surface area contributed by atoms with Crippen LogP contribution in [0.3, 0.4) is 0 Å². The van der Waals surface area contributed by atoms with Crippen molar-refractivity contribution in [2.24, 2.45) is 0 Å². The zero-order valence-corrected chi connectivity index (χ0v) is 10.3. The first-order valence-corrected chi connectivity index (χ1v) is 6.39. The highest BCUT2D eigenvalue weighted by Crippen LogP contribution is 2.32. The number of hydrogen-bond donors (Lipinski definition) is 2. The molecule has 0 saturated carbocycles. The molecule has 0 radical (unpaired) electrons. The van der Waals surface area contributed by atoms with Crippen molar-refractivity contribution < 1.29 is 0 Å². The summed E-state index contributed by atoms with van der Waals surface area (Å²) in [5.41, 5.74) is 9.59. The zero-order valence-electron chi connectivity index (χ0n) is 10.3. The molecule has 16 heavy (non-hydrogen) atoms. The van der Waals surface area contributed by atoms with Crippen molar-refractivity contribution in [1.82, 2.24) is 5.32 Å². The van der Waals surface area contributed by atoms with Gasteiger partial charge in [0.15, 0.2) is 0 Å². The van der Waals surface area contributed by atoms with Gasteiger partial charge in [-0.25, -0.2) is 0 Å². The molecule has 3 N–H and O–H groups in total. The molecule has 0 aliphatic heterocycles. The van der Waals surface area contributed by atoms with Gasteiger partial charge in [0, 0.05) is 17.8 Å². The van der Waals surface area contributed by atoms with E-state index in [9.17, 15) is 0 Å². The smallest absolute Gasteiger partial charge is 0.0328 e. The fourth-order valence-corrected chi connectivity index (χ4v) is 2.62. The van der Waals surface area contributed by atoms with E-state index in [0.29, 0.717) is 12.1 Å². The number of nitrogens with one attached hydrogen (secondary N) is 1. The maximum Gasteiger partial charge on any atom is 0.0328 e. The lowest BCUT2D eigenvalue weighted by Crippen LogP contribution is -2.30. The molecule has 2 rings (SSSR count). The molecule has 1 aliphatic carbocycles. The molecule has 0 amide bonds. The molecule has 0 saturated heterocycles.